The second-order valence-corrected chi connectivity index (χ2v) is 5.78. The van der Waals surface area contributed by atoms with Crippen LogP contribution >= 0.6 is 0 Å². The Morgan fingerprint density at radius 3 is 2.85 bits per heavy atom. The summed E-state index contributed by atoms with van der Waals surface area (Å²) in [5.41, 5.74) is -1.11. The summed E-state index contributed by atoms with van der Waals surface area (Å²) in [6, 6.07) is 0. The van der Waals surface area contributed by atoms with Gasteiger partial charge in [-0.15, -0.1) is 0 Å². The van der Waals surface area contributed by atoms with E-state index in [0.29, 0.717) is 17.2 Å². The van der Waals surface area contributed by atoms with Crippen LogP contribution in [0.15, 0.2) is 11.0 Å². The number of anilines is 1. The first kappa shape index (κ1) is 20.2. The molecule has 1 aromatic heterocycles. The monoisotopic (exact) mass is 377 g/mol. The smallest absolute Gasteiger partial charge is 0.412 e. The fourth-order valence-electron chi connectivity index (χ4n) is 2.44. The van der Waals surface area contributed by atoms with Gasteiger partial charge in [0.1, 0.15) is 12.2 Å². The first-order valence-electron chi connectivity index (χ1n) is 8.20. The molecule has 0 saturated carbocycles. The van der Waals surface area contributed by atoms with Crippen molar-refractivity contribution in [2.45, 2.75) is 50.8 Å². The van der Waals surface area contributed by atoms with Gasteiger partial charge in [-0.1, -0.05) is 19.8 Å². The zero-order valence-corrected chi connectivity index (χ0v) is 14.1. The number of alkyl halides is 1. The fourth-order valence-corrected chi connectivity index (χ4v) is 2.44. The molecule has 11 heteroatoms. The van der Waals surface area contributed by atoms with E-state index >= 15 is 0 Å². The lowest BCUT2D eigenvalue weighted by molar-refractivity contribution is -0.0494. The third-order valence-corrected chi connectivity index (χ3v) is 3.86. The summed E-state index contributed by atoms with van der Waals surface area (Å²) in [5, 5.41) is 20.6. The normalized spacial score (nSPS) is 25.3. The van der Waals surface area contributed by atoms with E-state index in [1.807, 2.05) is 12.2 Å². The second kappa shape index (κ2) is 9.01. The predicted octanol–water partition coefficient (Wildman–Crippen LogP) is 0.710. The summed E-state index contributed by atoms with van der Waals surface area (Å²) in [6.45, 7) is 1.44. The molecule has 2 rings (SSSR count). The summed E-state index contributed by atoms with van der Waals surface area (Å²) >= 11 is 0. The molecule has 4 atom stereocenters. The van der Waals surface area contributed by atoms with Gasteiger partial charge in [0.05, 0.1) is 19.4 Å². The van der Waals surface area contributed by atoms with Gasteiger partial charge < -0.3 is 19.7 Å². The maximum atomic E-state index is 14.1. The second-order valence-electron chi connectivity index (χ2n) is 5.78. The average molecular weight is 377 g/mol. The van der Waals surface area contributed by atoms with E-state index in [1.54, 1.807) is 0 Å². The lowest BCUT2D eigenvalue weighted by Gasteiger charge is -2.16. The third-order valence-electron chi connectivity index (χ3n) is 3.86. The van der Waals surface area contributed by atoms with Crippen molar-refractivity contribution in [2.24, 2.45) is 0 Å². The minimum Gasteiger partial charge on any atom is -0.449 e. The summed E-state index contributed by atoms with van der Waals surface area (Å²) < 4.78 is 38.5. The average Bonchev–Trinajstić information content (AvgIpc) is 2.89. The molecule has 146 valence electrons. The number of halogens is 2. The van der Waals surface area contributed by atoms with Crippen LogP contribution in [0.4, 0.5) is 19.4 Å². The highest BCUT2D eigenvalue weighted by Gasteiger charge is 2.45. The number of rotatable bonds is 7. The molecule has 1 aliphatic rings. The maximum absolute atomic E-state index is 14.1. The Bertz CT molecular complexity index is 686. The molecule has 0 aliphatic carbocycles. The molecule has 2 heterocycles. The third kappa shape index (κ3) is 4.54. The Labute approximate surface area is 147 Å². The van der Waals surface area contributed by atoms with E-state index in [-0.39, 0.29) is 6.61 Å². The molecule has 0 unspecified atom stereocenters. The fraction of sp³-hybridized carbons (Fsp3) is 0.667. The van der Waals surface area contributed by atoms with Crippen LogP contribution in [0.5, 0.6) is 0 Å². The van der Waals surface area contributed by atoms with Crippen LogP contribution in [0.3, 0.4) is 0 Å². The molecular weight excluding hydrogens is 356 g/mol. The molecule has 1 saturated heterocycles. The van der Waals surface area contributed by atoms with Gasteiger partial charge in [-0.2, -0.15) is 4.98 Å². The maximum Gasteiger partial charge on any atom is 0.412 e. The quantitative estimate of drug-likeness (QED) is 0.598. The SMILES string of the molecule is CCCCCOC(=O)Nc1nc(=O)n([C@@H]2O[C@H](CO)[C@@H](O)[C@H]2F)cc1F. The number of amides is 1. The number of unbranched alkanes of at least 4 members (excludes halogenated alkanes) is 2. The molecule has 1 aromatic rings. The largest absolute Gasteiger partial charge is 0.449 e. The van der Waals surface area contributed by atoms with Crippen molar-refractivity contribution in [1.29, 1.82) is 0 Å². The van der Waals surface area contributed by atoms with E-state index in [1.165, 1.54) is 0 Å². The molecule has 3 N–H and O–H groups in total. The van der Waals surface area contributed by atoms with Crippen LogP contribution in [-0.2, 0) is 9.47 Å². The molecule has 9 nitrogen and oxygen atoms in total. The molecule has 1 amide bonds. The van der Waals surface area contributed by atoms with Gasteiger partial charge in [0.15, 0.2) is 24.0 Å². The van der Waals surface area contributed by atoms with Crippen LogP contribution in [0, 0.1) is 5.82 Å². The number of nitrogens with one attached hydrogen (secondary N) is 1. The minimum absolute atomic E-state index is 0.137. The van der Waals surface area contributed by atoms with Crippen molar-refractivity contribution < 1.29 is 33.3 Å². The van der Waals surface area contributed by atoms with Gasteiger partial charge >= 0.3 is 11.8 Å². The summed E-state index contributed by atoms with van der Waals surface area (Å²) in [5.74, 6) is -1.78. The Hall–Kier alpha value is -2.11. The molecule has 1 aliphatic heterocycles. The lowest BCUT2D eigenvalue weighted by Crippen LogP contribution is -2.34. The van der Waals surface area contributed by atoms with Crippen molar-refractivity contribution >= 4 is 11.9 Å². The van der Waals surface area contributed by atoms with E-state index in [4.69, 9.17) is 14.6 Å². The van der Waals surface area contributed by atoms with Crippen LogP contribution in [0.25, 0.3) is 0 Å². The molecule has 26 heavy (non-hydrogen) atoms. The molecule has 0 aromatic carbocycles. The van der Waals surface area contributed by atoms with Crippen molar-refractivity contribution in [3.05, 3.63) is 22.5 Å². The van der Waals surface area contributed by atoms with Crippen molar-refractivity contribution in [3.8, 4) is 0 Å². The highest BCUT2D eigenvalue weighted by molar-refractivity contribution is 5.83. The molecule has 0 bridgehead atoms. The lowest BCUT2D eigenvalue weighted by atomic mass is 10.1. The number of nitrogens with zero attached hydrogens (tertiary/aromatic N) is 2. The predicted molar refractivity (Wildman–Crippen MR) is 84.8 cm³/mol. The van der Waals surface area contributed by atoms with Gasteiger partial charge in [-0.05, 0) is 6.42 Å². The Morgan fingerprint density at radius 2 is 2.23 bits per heavy atom. The molecule has 1 fully saturated rings. The summed E-state index contributed by atoms with van der Waals surface area (Å²) in [7, 11) is 0. The topological polar surface area (TPSA) is 123 Å². The van der Waals surface area contributed by atoms with Crippen LogP contribution in [0.2, 0.25) is 0 Å². The Morgan fingerprint density at radius 1 is 1.50 bits per heavy atom. The van der Waals surface area contributed by atoms with Crippen LogP contribution in [0.1, 0.15) is 32.4 Å². The summed E-state index contributed by atoms with van der Waals surface area (Å²) in [6.07, 6.45) is -4.55. The Kier molecular flexibility index (Phi) is 7.00. The highest BCUT2D eigenvalue weighted by Crippen LogP contribution is 2.31. The first-order chi connectivity index (χ1) is 12.4. The molecule has 0 radical (unpaired) electrons. The van der Waals surface area contributed by atoms with E-state index in [0.717, 1.165) is 12.8 Å². The minimum atomic E-state index is -2.06. The number of aromatic nitrogens is 2. The van der Waals surface area contributed by atoms with Gasteiger partial charge in [0.2, 0.25) is 0 Å². The summed E-state index contributed by atoms with van der Waals surface area (Å²) in [4.78, 5) is 26.9. The number of hydrogen-bond acceptors (Lipinski definition) is 7. The van der Waals surface area contributed by atoms with Gasteiger partial charge in [-0.3, -0.25) is 9.88 Å². The van der Waals surface area contributed by atoms with E-state index in [2.05, 4.69) is 4.98 Å². The number of aliphatic hydroxyl groups is 2. The van der Waals surface area contributed by atoms with Gasteiger partial charge in [-0.25, -0.2) is 18.4 Å². The zero-order chi connectivity index (χ0) is 19.3. The number of aliphatic hydroxyl groups excluding tert-OH is 2. The molecule has 0 spiro atoms. The zero-order valence-electron chi connectivity index (χ0n) is 14.1. The van der Waals surface area contributed by atoms with Gasteiger partial charge in [0, 0.05) is 0 Å². The van der Waals surface area contributed by atoms with Crippen molar-refractivity contribution in [2.75, 3.05) is 18.5 Å². The number of hydrogen-bond donors (Lipinski definition) is 3. The number of carbonyl (C=O) groups excluding carboxylic acids is 1. The van der Waals surface area contributed by atoms with Crippen LogP contribution in [-0.4, -0.2) is 57.5 Å². The molecular formula is C15H21F2N3O6. The number of ether oxygens (including phenoxy) is 2. The number of carbonyl (C=O) groups is 1. The van der Waals surface area contributed by atoms with Gasteiger partial charge in [0.25, 0.3) is 0 Å². The first-order valence-corrected chi connectivity index (χ1v) is 8.20. The van der Waals surface area contributed by atoms with E-state index < -0.39 is 54.6 Å². The highest BCUT2D eigenvalue weighted by atomic mass is 19.1. The van der Waals surface area contributed by atoms with E-state index in [9.17, 15) is 23.5 Å². The van der Waals surface area contributed by atoms with Crippen molar-refractivity contribution in [1.82, 2.24) is 9.55 Å². The standard InChI is InChI=1S/C15H21F2N3O6/c1-2-3-4-5-25-15(24)19-12-8(16)6-20(14(23)18-12)13-10(17)11(22)9(7-21)26-13/h6,9-11,13,21-22H,2-5,7H2,1H3,(H,18,19,23,24)/t9-,10-,11-,13-/m1/s1. The van der Waals surface area contributed by atoms with Crippen LogP contribution < -0.4 is 11.0 Å². The van der Waals surface area contributed by atoms with Crippen molar-refractivity contribution in [3.63, 3.8) is 0 Å². The Balaban J connectivity index is 2.09.